The van der Waals surface area contributed by atoms with Crippen molar-refractivity contribution in [2.75, 3.05) is 0 Å². The highest BCUT2D eigenvalue weighted by atomic mass is 16.4. The monoisotopic (exact) mass is 535 g/mol. The molecule has 0 atom stereocenters. The fraction of sp³-hybridized carbons (Fsp3) is 0. The first-order valence-electron chi connectivity index (χ1n) is 23.1. The molecule has 7 aromatic carbocycles. The number of hydrogen-bond donors (Lipinski definition) is 1. The topological polar surface area (TPSA) is 33.4 Å². The molecule has 1 aromatic heterocycles. The highest BCUT2D eigenvalue weighted by molar-refractivity contribution is 6.23. The number of para-hydroxylation sites is 1. The molecule has 8 aromatic rings. The summed E-state index contributed by atoms with van der Waals surface area (Å²) in [6.07, 6.45) is 0. The van der Waals surface area contributed by atoms with Crippen molar-refractivity contribution in [1.29, 1.82) is 0 Å². The van der Waals surface area contributed by atoms with Crippen LogP contribution in [0.25, 0.3) is 76.9 Å². The molecule has 0 aliphatic rings. The molecule has 0 unspecified atom stereocenters. The lowest BCUT2D eigenvalue weighted by Crippen LogP contribution is -1.92. The Hall–Kier alpha value is -5.34. The van der Waals surface area contributed by atoms with E-state index < -0.39 is 222 Å². The van der Waals surface area contributed by atoms with Gasteiger partial charge in [-0.25, -0.2) is 0 Å². The molecule has 188 valence electrons. The van der Waals surface area contributed by atoms with Crippen molar-refractivity contribution < 1.29 is 41.1 Å². The number of aromatic hydroxyl groups is 1. The number of phenols is 1. The van der Waals surface area contributed by atoms with Gasteiger partial charge in [0.25, 0.3) is 0 Å². The van der Waals surface area contributed by atoms with E-state index >= 15 is 0 Å². The largest absolute Gasteiger partial charge is 0.504 e. The average Bonchev–Trinajstić information content (AvgIpc) is 3.67. The third kappa shape index (κ3) is 3.36. The summed E-state index contributed by atoms with van der Waals surface area (Å²) in [5.74, 6) is -1.09. The normalized spacial score (nSPS) is 19.6. The van der Waals surface area contributed by atoms with Crippen LogP contribution in [-0.2, 0) is 0 Å². The zero-order valence-electron chi connectivity index (χ0n) is 42.9. The highest BCUT2D eigenvalue weighted by Crippen LogP contribution is 2.47. The van der Waals surface area contributed by atoms with Crippen molar-refractivity contribution in [3.05, 3.63) is 139 Å². The van der Waals surface area contributed by atoms with Crippen LogP contribution in [0, 0.1) is 0 Å². The zero-order valence-corrected chi connectivity index (χ0v) is 19.9. The Balaban J connectivity index is 1.78. The Morgan fingerprint density at radius 1 is 0.450 bits per heavy atom. The first-order chi connectivity index (χ1) is 29.3. The molecule has 0 amide bonds. The minimum absolute atomic E-state index is 0.449. The number of hydrogen-bond acceptors (Lipinski definition) is 2. The molecule has 2 nitrogen and oxygen atoms in total. The van der Waals surface area contributed by atoms with Gasteiger partial charge in [0.05, 0.1) is 31.5 Å². The number of phenolic OH excluding ortho intramolecular Hbond substituents is 1. The molecule has 40 heavy (non-hydrogen) atoms. The lowest BCUT2D eigenvalue weighted by molar-refractivity contribution is 0.469. The fourth-order valence-corrected chi connectivity index (χ4v) is 4.75. The molecule has 0 saturated carbocycles. The van der Waals surface area contributed by atoms with Crippen LogP contribution in [0.2, 0.25) is 0 Å². The number of benzene rings is 7. The zero-order chi connectivity index (χ0) is 46.6. The first-order valence-corrected chi connectivity index (χ1v) is 11.6. The quantitative estimate of drug-likeness (QED) is 0.228. The second-order valence-corrected chi connectivity index (χ2v) is 8.48. The molecule has 1 N–H and O–H groups in total. The van der Waals surface area contributed by atoms with E-state index in [4.69, 9.17) is 26.3 Å². The molecular weight excluding hydrogens is 488 g/mol. The van der Waals surface area contributed by atoms with Gasteiger partial charge in [0.1, 0.15) is 5.58 Å². The maximum atomic E-state index is 11.6. The summed E-state index contributed by atoms with van der Waals surface area (Å²) in [5.41, 5.74) is -5.87. The third-order valence-corrected chi connectivity index (χ3v) is 6.36. The summed E-state index contributed by atoms with van der Waals surface area (Å²) in [7, 11) is 0. The van der Waals surface area contributed by atoms with Gasteiger partial charge in [0.2, 0.25) is 0 Å². The molecule has 0 saturated heterocycles. The summed E-state index contributed by atoms with van der Waals surface area (Å²) in [6, 6.07) is -21.5. The van der Waals surface area contributed by atoms with E-state index in [9.17, 15) is 14.7 Å². The minimum atomic E-state index is -1.09. The van der Waals surface area contributed by atoms with Gasteiger partial charge < -0.3 is 9.52 Å². The standard InChI is InChI=1S/C38H24O2/c39-34-23-25(22-33-27-15-10-11-21-35(27)40-38(33)34)36-29-17-6-8-19-31(29)37(32-20-9-7-18-30(32)36)28-16-5-4-14-26(28)24-12-2-1-3-13-24/h1-23,39H/i1D,2D,3D,4D,5D,6D,7D,8D,9D,10D,11D,12D,13D,14D,15D,16D,17D,18D,19D,20D,21D,22D,23D. The van der Waals surface area contributed by atoms with Crippen molar-refractivity contribution in [1.82, 2.24) is 0 Å². The molecule has 0 aliphatic carbocycles. The molecule has 8 rings (SSSR count). The lowest BCUT2D eigenvalue weighted by atomic mass is 9.83. The van der Waals surface area contributed by atoms with E-state index in [-0.39, 0.29) is 0 Å². The maximum absolute atomic E-state index is 11.6. The van der Waals surface area contributed by atoms with Crippen LogP contribution in [0.1, 0.15) is 31.5 Å². The molecule has 0 aliphatic heterocycles. The van der Waals surface area contributed by atoms with Gasteiger partial charge >= 0.3 is 0 Å². The summed E-state index contributed by atoms with van der Waals surface area (Å²) in [4.78, 5) is 0. The van der Waals surface area contributed by atoms with Crippen LogP contribution in [0.4, 0.5) is 0 Å². The second-order valence-electron chi connectivity index (χ2n) is 8.48. The Morgan fingerprint density at radius 2 is 0.975 bits per heavy atom. The Kier molecular flexibility index (Phi) is 2.08. The average molecular weight is 536 g/mol. The molecule has 0 fully saturated rings. The Bertz CT molecular complexity index is 3390. The van der Waals surface area contributed by atoms with Crippen LogP contribution in [0.15, 0.2) is 143 Å². The molecule has 1 heterocycles. The molecule has 0 spiro atoms. The first kappa shape index (κ1) is 9.39. The number of furan rings is 1. The SMILES string of the molecule is [2H]c1c([2H])c([2H])c(-c2c([2H])c([2H])c([2H])c([2H])c2-c2c3c([2H])c([2H])c([2H])c([2H])c3c(-c3c([2H])c(O)c4oc5c([2H])c([2H])c([2H])c([2H])c5c4c3[2H])c3c([2H])c([2H])c([2H])c([2H])c23)c([2H])c1[2H]. The van der Waals surface area contributed by atoms with Crippen LogP contribution < -0.4 is 0 Å². The van der Waals surface area contributed by atoms with Crippen LogP contribution in [0.5, 0.6) is 5.75 Å². The van der Waals surface area contributed by atoms with Gasteiger partial charge in [0.15, 0.2) is 11.3 Å². The summed E-state index contributed by atoms with van der Waals surface area (Å²) in [6.45, 7) is 0. The summed E-state index contributed by atoms with van der Waals surface area (Å²) in [5, 5.41) is 7.70. The van der Waals surface area contributed by atoms with E-state index in [1.165, 1.54) is 0 Å². The van der Waals surface area contributed by atoms with Crippen molar-refractivity contribution in [3.8, 4) is 39.1 Å². The van der Waals surface area contributed by atoms with E-state index in [2.05, 4.69) is 0 Å². The Morgan fingerprint density at radius 3 is 1.65 bits per heavy atom. The summed E-state index contributed by atoms with van der Waals surface area (Å²) < 4.78 is 209. The van der Waals surface area contributed by atoms with E-state index in [1.807, 2.05) is 0 Å². The van der Waals surface area contributed by atoms with Gasteiger partial charge in [-0.3, -0.25) is 0 Å². The third-order valence-electron chi connectivity index (χ3n) is 6.36. The van der Waals surface area contributed by atoms with E-state index in [0.717, 1.165) is 0 Å². The van der Waals surface area contributed by atoms with E-state index in [0.29, 0.717) is 0 Å². The van der Waals surface area contributed by atoms with E-state index in [1.54, 1.807) is 0 Å². The van der Waals surface area contributed by atoms with Crippen molar-refractivity contribution in [2.24, 2.45) is 0 Å². The lowest BCUT2D eigenvalue weighted by Gasteiger charge is -2.19. The summed E-state index contributed by atoms with van der Waals surface area (Å²) >= 11 is 0. The predicted molar refractivity (Wildman–Crippen MR) is 167 cm³/mol. The predicted octanol–water partition coefficient (Wildman–Crippen LogP) is 10.6. The van der Waals surface area contributed by atoms with Gasteiger partial charge in [-0.1, -0.05) is 121 Å². The van der Waals surface area contributed by atoms with Crippen LogP contribution >= 0.6 is 0 Å². The smallest absolute Gasteiger partial charge is 0.177 e. The van der Waals surface area contributed by atoms with Crippen molar-refractivity contribution in [3.63, 3.8) is 0 Å². The maximum Gasteiger partial charge on any atom is 0.177 e. The van der Waals surface area contributed by atoms with Gasteiger partial charge in [-0.05, 0) is 73.1 Å². The highest BCUT2D eigenvalue weighted by Gasteiger charge is 2.20. The number of fused-ring (bicyclic) bond motifs is 5. The molecule has 0 radical (unpaired) electrons. The van der Waals surface area contributed by atoms with Crippen molar-refractivity contribution in [2.45, 2.75) is 0 Å². The number of rotatable bonds is 3. The molecule has 2 heteroatoms. The van der Waals surface area contributed by atoms with Gasteiger partial charge in [0, 0.05) is 10.8 Å². The van der Waals surface area contributed by atoms with Crippen LogP contribution in [-0.4, -0.2) is 5.11 Å². The molecular formula is C38H24O2. The second kappa shape index (κ2) is 8.86. The van der Waals surface area contributed by atoms with Crippen molar-refractivity contribution >= 4 is 43.5 Å². The minimum Gasteiger partial charge on any atom is -0.504 e. The van der Waals surface area contributed by atoms with Gasteiger partial charge in [-0.2, -0.15) is 0 Å². The van der Waals surface area contributed by atoms with Gasteiger partial charge in [-0.15, -0.1) is 0 Å². The van der Waals surface area contributed by atoms with Crippen LogP contribution in [0.3, 0.4) is 0 Å². The Labute approximate surface area is 263 Å². The molecule has 0 bridgehead atoms. The fourth-order valence-electron chi connectivity index (χ4n) is 4.75.